The molecule has 0 aliphatic rings. The quantitative estimate of drug-likeness (QED) is 0.242. The highest BCUT2D eigenvalue weighted by molar-refractivity contribution is 5.97. The zero-order chi connectivity index (χ0) is 24.5. The van der Waals surface area contributed by atoms with Crippen LogP contribution in [0.2, 0.25) is 0 Å². The smallest absolute Gasteiger partial charge is 0.497 e. The van der Waals surface area contributed by atoms with Gasteiger partial charge in [0, 0.05) is 12.1 Å². The largest absolute Gasteiger partial charge is 0.513 e. The van der Waals surface area contributed by atoms with Gasteiger partial charge in [-0.2, -0.15) is 0 Å². The molecule has 0 bridgehead atoms. The Morgan fingerprint density at radius 2 is 1.33 bits per heavy atom. The maximum Gasteiger partial charge on any atom is 0.513 e. The van der Waals surface area contributed by atoms with Crippen molar-refractivity contribution in [2.45, 2.75) is 27.7 Å². The van der Waals surface area contributed by atoms with Gasteiger partial charge in [0.2, 0.25) is 0 Å². The average Bonchev–Trinajstić information content (AvgIpc) is 2.73. The summed E-state index contributed by atoms with van der Waals surface area (Å²) in [5, 5.41) is 0. The number of methoxy groups -OCH3 is 1. The van der Waals surface area contributed by atoms with Crippen LogP contribution in [0.5, 0.6) is 23.0 Å². The minimum absolute atomic E-state index is 0.0142. The van der Waals surface area contributed by atoms with Gasteiger partial charge in [-0.1, -0.05) is 0 Å². The number of hydrogen-bond acceptors (Lipinski definition) is 10. The van der Waals surface area contributed by atoms with E-state index in [-0.39, 0.29) is 41.6 Å². The van der Waals surface area contributed by atoms with Crippen LogP contribution < -0.4 is 18.9 Å². The Hall–Kier alpha value is -4.08. The summed E-state index contributed by atoms with van der Waals surface area (Å²) >= 11 is 0. The van der Waals surface area contributed by atoms with Crippen molar-refractivity contribution >= 4 is 24.6 Å². The fraction of sp³-hybridized carbons (Fsp3) is 0.304. The maximum absolute atomic E-state index is 13.0. The number of carbonyl (C=O) groups is 4. The number of carbonyl (C=O) groups excluding carboxylic acids is 4. The van der Waals surface area contributed by atoms with E-state index in [4.69, 9.17) is 28.4 Å². The molecule has 0 heterocycles. The van der Waals surface area contributed by atoms with Gasteiger partial charge in [-0.05, 0) is 51.0 Å². The zero-order valence-corrected chi connectivity index (χ0v) is 18.9. The van der Waals surface area contributed by atoms with Crippen molar-refractivity contribution in [1.29, 1.82) is 0 Å². The van der Waals surface area contributed by atoms with Crippen LogP contribution in [-0.4, -0.2) is 44.9 Å². The highest BCUT2D eigenvalue weighted by Crippen LogP contribution is 2.32. The second-order valence-electron chi connectivity index (χ2n) is 6.55. The number of esters is 1. The van der Waals surface area contributed by atoms with Crippen molar-refractivity contribution in [2.24, 2.45) is 0 Å². The van der Waals surface area contributed by atoms with E-state index in [9.17, 15) is 19.2 Å². The molecule has 0 fully saturated rings. The van der Waals surface area contributed by atoms with Gasteiger partial charge in [0.05, 0.1) is 25.9 Å². The van der Waals surface area contributed by atoms with Crippen molar-refractivity contribution in [3.05, 3.63) is 46.5 Å². The van der Waals surface area contributed by atoms with Crippen molar-refractivity contribution in [3.63, 3.8) is 0 Å². The van der Waals surface area contributed by atoms with Gasteiger partial charge in [0.25, 0.3) is 0 Å². The zero-order valence-electron chi connectivity index (χ0n) is 18.9. The van der Waals surface area contributed by atoms with Gasteiger partial charge in [-0.25, -0.2) is 14.4 Å². The molecule has 2 rings (SSSR count). The van der Waals surface area contributed by atoms with E-state index in [2.05, 4.69) is 0 Å². The van der Waals surface area contributed by atoms with Crippen molar-refractivity contribution in [3.8, 4) is 23.0 Å². The summed E-state index contributed by atoms with van der Waals surface area (Å²) < 4.78 is 30.3. The van der Waals surface area contributed by atoms with Crippen LogP contribution in [0.4, 0.5) is 9.59 Å². The summed E-state index contributed by atoms with van der Waals surface area (Å²) in [5.41, 5.74) is 0.843. The summed E-state index contributed by atoms with van der Waals surface area (Å²) in [6, 6.07) is 5.53. The minimum atomic E-state index is -1.01. The Kier molecular flexibility index (Phi) is 8.79. The summed E-state index contributed by atoms with van der Waals surface area (Å²) in [4.78, 5) is 48.0. The molecule has 0 saturated carbocycles. The molecule has 0 spiro atoms. The molecule has 10 nitrogen and oxygen atoms in total. The minimum Gasteiger partial charge on any atom is -0.497 e. The maximum atomic E-state index is 13.0. The summed E-state index contributed by atoms with van der Waals surface area (Å²) in [5.74, 6) is -0.797. The Labute approximate surface area is 190 Å². The van der Waals surface area contributed by atoms with Gasteiger partial charge in [-0.3, -0.25) is 4.79 Å². The van der Waals surface area contributed by atoms with Gasteiger partial charge >= 0.3 is 18.3 Å². The normalized spacial score (nSPS) is 10.1. The highest BCUT2D eigenvalue weighted by atomic mass is 16.7. The number of aryl methyl sites for hydroxylation is 2. The molecule has 0 atom stereocenters. The van der Waals surface area contributed by atoms with Gasteiger partial charge in [0.15, 0.2) is 12.0 Å². The average molecular weight is 460 g/mol. The SMILES string of the molecule is CCOC(=O)Oc1cc(OC(=O)c2c(C)cc(OC)cc2OC(=O)OCC)cc(C)c1C=O. The van der Waals surface area contributed by atoms with Crippen LogP contribution in [0.15, 0.2) is 24.3 Å². The molecule has 0 aliphatic carbocycles. The summed E-state index contributed by atoms with van der Waals surface area (Å²) in [6.07, 6.45) is -1.51. The van der Waals surface area contributed by atoms with Gasteiger partial charge < -0.3 is 28.4 Å². The predicted molar refractivity (Wildman–Crippen MR) is 115 cm³/mol. The van der Waals surface area contributed by atoms with E-state index in [1.807, 2.05) is 0 Å². The first-order valence-electron chi connectivity index (χ1n) is 9.93. The van der Waals surface area contributed by atoms with Crippen LogP contribution >= 0.6 is 0 Å². The Balaban J connectivity index is 2.43. The van der Waals surface area contributed by atoms with Gasteiger partial charge in [0.1, 0.15) is 22.8 Å². The Bertz CT molecular complexity index is 1060. The molecule has 0 saturated heterocycles. The number of rotatable bonds is 8. The van der Waals surface area contributed by atoms with Gasteiger partial charge in [-0.15, -0.1) is 0 Å². The second-order valence-corrected chi connectivity index (χ2v) is 6.55. The molecule has 0 amide bonds. The van der Waals surface area contributed by atoms with Crippen molar-refractivity contribution < 1.29 is 47.6 Å². The molecule has 2 aromatic carbocycles. The van der Waals surface area contributed by atoms with Crippen LogP contribution in [0.1, 0.15) is 45.7 Å². The number of hydrogen-bond donors (Lipinski definition) is 0. The van der Waals surface area contributed by atoms with Crippen molar-refractivity contribution in [2.75, 3.05) is 20.3 Å². The van der Waals surface area contributed by atoms with E-state index < -0.39 is 18.3 Å². The lowest BCUT2D eigenvalue weighted by Crippen LogP contribution is -2.17. The van der Waals surface area contributed by atoms with E-state index >= 15 is 0 Å². The van der Waals surface area contributed by atoms with Crippen LogP contribution in [0.25, 0.3) is 0 Å². The molecular formula is C23H24O10. The number of benzene rings is 2. The third-order valence-electron chi connectivity index (χ3n) is 4.27. The third kappa shape index (κ3) is 6.45. The van der Waals surface area contributed by atoms with E-state index in [1.165, 1.54) is 25.3 Å². The molecule has 176 valence electrons. The Morgan fingerprint density at radius 3 is 1.88 bits per heavy atom. The standard InChI is InChI=1S/C23H24O10/c1-6-29-22(26)32-18-11-16(8-13(3)17(18)12-24)31-21(25)20-14(4)9-15(28-5)10-19(20)33-23(27)30-7-2/h8-12H,6-7H2,1-5H3. The lowest BCUT2D eigenvalue weighted by Gasteiger charge is -2.15. The first kappa shape index (κ1) is 25.2. The molecule has 0 radical (unpaired) electrons. The lowest BCUT2D eigenvalue weighted by molar-refractivity contribution is 0.0726. The molecule has 0 unspecified atom stereocenters. The van der Waals surface area contributed by atoms with E-state index in [0.29, 0.717) is 23.2 Å². The molecule has 0 N–H and O–H groups in total. The Morgan fingerprint density at radius 1 is 0.788 bits per heavy atom. The van der Waals surface area contributed by atoms with Crippen LogP contribution in [0.3, 0.4) is 0 Å². The molecule has 33 heavy (non-hydrogen) atoms. The molecule has 0 aromatic heterocycles. The fourth-order valence-corrected chi connectivity index (χ4v) is 2.84. The first-order chi connectivity index (χ1) is 15.7. The molecule has 0 aliphatic heterocycles. The lowest BCUT2D eigenvalue weighted by atomic mass is 10.1. The topological polar surface area (TPSA) is 124 Å². The second kappa shape index (κ2) is 11.5. The first-order valence-corrected chi connectivity index (χ1v) is 9.93. The summed E-state index contributed by atoms with van der Waals surface area (Å²) in [6.45, 7) is 6.53. The van der Waals surface area contributed by atoms with Crippen LogP contribution in [-0.2, 0) is 9.47 Å². The highest BCUT2D eigenvalue weighted by Gasteiger charge is 2.23. The van der Waals surface area contributed by atoms with E-state index in [1.54, 1.807) is 33.8 Å². The van der Waals surface area contributed by atoms with E-state index in [0.717, 1.165) is 0 Å². The molecule has 10 heteroatoms. The number of aldehydes is 1. The monoisotopic (exact) mass is 460 g/mol. The van der Waals surface area contributed by atoms with Crippen molar-refractivity contribution in [1.82, 2.24) is 0 Å². The molecule has 2 aromatic rings. The predicted octanol–water partition coefficient (Wildman–Crippen LogP) is 4.41. The number of ether oxygens (including phenoxy) is 6. The summed E-state index contributed by atoms with van der Waals surface area (Å²) in [7, 11) is 1.42. The van der Waals surface area contributed by atoms with Crippen LogP contribution in [0, 0.1) is 13.8 Å². The fourth-order valence-electron chi connectivity index (χ4n) is 2.84. The third-order valence-corrected chi connectivity index (χ3v) is 4.27. The molecular weight excluding hydrogens is 436 g/mol.